The standard InChI is InChI=1S/C13H21N3O2S2/c1-14-10-4-3-5-11-12(10)15-13(19-11)16(2)9-6-7-20(17,18)8-9/h9-10,14H,3-8H2,1-2H3. The molecule has 1 aliphatic heterocycles. The SMILES string of the molecule is CNC1CCCc2sc(N(C)C3CCS(=O)(=O)C3)nc21. The van der Waals surface area contributed by atoms with E-state index in [4.69, 9.17) is 4.98 Å². The van der Waals surface area contributed by atoms with Crippen LogP contribution in [0.5, 0.6) is 0 Å². The molecule has 1 aliphatic carbocycles. The molecule has 1 N–H and O–H groups in total. The molecule has 7 heteroatoms. The van der Waals surface area contributed by atoms with Crippen LogP contribution in [-0.4, -0.2) is 45.0 Å². The number of rotatable bonds is 3. The van der Waals surface area contributed by atoms with Crippen molar-refractivity contribution >= 4 is 26.3 Å². The largest absolute Gasteiger partial charge is 0.347 e. The van der Waals surface area contributed by atoms with Crippen LogP contribution in [0.2, 0.25) is 0 Å². The predicted molar refractivity (Wildman–Crippen MR) is 82.3 cm³/mol. The number of nitrogens with zero attached hydrogens (tertiary/aromatic N) is 2. The Labute approximate surface area is 124 Å². The molecule has 5 nitrogen and oxygen atoms in total. The van der Waals surface area contributed by atoms with E-state index >= 15 is 0 Å². The number of aromatic nitrogens is 1. The van der Waals surface area contributed by atoms with Crippen LogP contribution in [0.4, 0.5) is 5.13 Å². The van der Waals surface area contributed by atoms with Crippen molar-refractivity contribution in [2.24, 2.45) is 0 Å². The highest BCUT2D eigenvalue weighted by molar-refractivity contribution is 7.91. The Kier molecular flexibility index (Phi) is 3.77. The molecule has 0 spiro atoms. The Morgan fingerprint density at radius 3 is 2.85 bits per heavy atom. The Morgan fingerprint density at radius 1 is 1.40 bits per heavy atom. The van der Waals surface area contributed by atoms with Gasteiger partial charge in [-0.2, -0.15) is 0 Å². The van der Waals surface area contributed by atoms with Crippen LogP contribution in [0.3, 0.4) is 0 Å². The van der Waals surface area contributed by atoms with Crippen LogP contribution in [0.15, 0.2) is 0 Å². The number of thiazole rings is 1. The number of hydrogen-bond acceptors (Lipinski definition) is 6. The summed E-state index contributed by atoms with van der Waals surface area (Å²) in [5, 5.41) is 4.30. The molecule has 2 unspecified atom stereocenters. The van der Waals surface area contributed by atoms with Gasteiger partial charge in [0.2, 0.25) is 0 Å². The normalized spacial score (nSPS) is 28.3. The number of hydrogen-bond donors (Lipinski definition) is 1. The van der Waals surface area contributed by atoms with Crippen LogP contribution in [0.25, 0.3) is 0 Å². The fraction of sp³-hybridized carbons (Fsp3) is 0.769. The van der Waals surface area contributed by atoms with Gasteiger partial charge in [-0.1, -0.05) is 0 Å². The molecule has 3 rings (SSSR count). The van der Waals surface area contributed by atoms with Crippen molar-refractivity contribution in [1.29, 1.82) is 0 Å². The van der Waals surface area contributed by atoms with E-state index in [0.717, 1.165) is 24.4 Å². The third kappa shape index (κ3) is 2.58. The molecule has 20 heavy (non-hydrogen) atoms. The van der Waals surface area contributed by atoms with Gasteiger partial charge in [-0.15, -0.1) is 11.3 Å². The smallest absolute Gasteiger partial charge is 0.185 e. The lowest BCUT2D eigenvalue weighted by molar-refractivity contribution is 0.489. The summed E-state index contributed by atoms with van der Waals surface area (Å²) in [5.74, 6) is 0.579. The maximum absolute atomic E-state index is 11.6. The second-order valence-corrected chi connectivity index (χ2v) is 9.00. The zero-order valence-electron chi connectivity index (χ0n) is 11.9. The lowest BCUT2D eigenvalue weighted by Gasteiger charge is -2.22. The fourth-order valence-corrected chi connectivity index (χ4v) is 6.05. The second-order valence-electron chi connectivity index (χ2n) is 5.71. The quantitative estimate of drug-likeness (QED) is 0.912. The zero-order chi connectivity index (χ0) is 14.3. The number of anilines is 1. The first-order valence-corrected chi connectivity index (χ1v) is 9.74. The minimum Gasteiger partial charge on any atom is -0.347 e. The summed E-state index contributed by atoms with van der Waals surface area (Å²) in [5.41, 5.74) is 1.17. The van der Waals surface area contributed by atoms with Crippen molar-refractivity contribution in [2.45, 2.75) is 37.8 Å². The highest BCUT2D eigenvalue weighted by Gasteiger charge is 2.33. The van der Waals surface area contributed by atoms with Crippen LogP contribution in [0.1, 0.15) is 35.9 Å². The van der Waals surface area contributed by atoms with Crippen LogP contribution in [0, 0.1) is 0 Å². The fourth-order valence-electron chi connectivity index (χ4n) is 3.07. The number of sulfone groups is 1. The molecular formula is C13H21N3O2S2. The first-order chi connectivity index (χ1) is 9.50. The van der Waals surface area contributed by atoms with E-state index in [0.29, 0.717) is 11.8 Å². The minimum absolute atomic E-state index is 0.0839. The summed E-state index contributed by atoms with van der Waals surface area (Å²) in [7, 11) is 1.11. The Bertz CT molecular complexity index is 597. The Hall–Kier alpha value is -0.660. The Morgan fingerprint density at radius 2 is 2.20 bits per heavy atom. The molecule has 0 saturated carbocycles. The molecule has 1 aromatic heterocycles. The highest BCUT2D eigenvalue weighted by Crippen LogP contribution is 2.37. The molecule has 2 heterocycles. The van der Waals surface area contributed by atoms with Crippen molar-refractivity contribution < 1.29 is 8.42 Å². The van der Waals surface area contributed by atoms with E-state index in [1.165, 1.54) is 17.0 Å². The van der Waals surface area contributed by atoms with Crippen LogP contribution in [-0.2, 0) is 16.3 Å². The van der Waals surface area contributed by atoms with Gasteiger partial charge in [-0.25, -0.2) is 13.4 Å². The van der Waals surface area contributed by atoms with Gasteiger partial charge >= 0.3 is 0 Å². The third-order valence-electron chi connectivity index (χ3n) is 4.35. The summed E-state index contributed by atoms with van der Waals surface area (Å²) >= 11 is 1.73. The monoisotopic (exact) mass is 315 g/mol. The molecule has 1 fully saturated rings. The van der Waals surface area contributed by atoms with E-state index in [2.05, 4.69) is 10.2 Å². The van der Waals surface area contributed by atoms with Gasteiger partial charge in [0.1, 0.15) is 0 Å². The van der Waals surface area contributed by atoms with Gasteiger partial charge in [0.15, 0.2) is 15.0 Å². The average Bonchev–Trinajstić information content (AvgIpc) is 3.00. The van der Waals surface area contributed by atoms with Crippen molar-refractivity contribution in [2.75, 3.05) is 30.5 Å². The topological polar surface area (TPSA) is 62.3 Å². The van der Waals surface area contributed by atoms with E-state index in [9.17, 15) is 8.42 Å². The van der Waals surface area contributed by atoms with E-state index < -0.39 is 9.84 Å². The molecule has 2 aliphatic rings. The Balaban J connectivity index is 1.83. The maximum atomic E-state index is 11.6. The lowest BCUT2D eigenvalue weighted by Crippen LogP contribution is -2.32. The van der Waals surface area contributed by atoms with Crippen LogP contribution >= 0.6 is 11.3 Å². The van der Waals surface area contributed by atoms with Crippen molar-refractivity contribution in [1.82, 2.24) is 10.3 Å². The lowest BCUT2D eigenvalue weighted by atomic mass is 9.98. The predicted octanol–water partition coefficient (Wildman–Crippen LogP) is 1.36. The van der Waals surface area contributed by atoms with Crippen molar-refractivity contribution in [3.05, 3.63) is 10.6 Å². The van der Waals surface area contributed by atoms with Gasteiger partial charge in [-0.3, -0.25) is 0 Å². The van der Waals surface area contributed by atoms with Gasteiger partial charge in [0, 0.05) is 18.0 Å². The van der Waals surface area contributed by atoms with E-state index in [1.807, 2.05) is 14.1 Å². The van der Waals surface area contributed by atoms with E-state index in [1.54, 1.807) is 11.3 Å². The number of aryl methyl sites for hydroxylation is 1. The summed E-state index contributed by atoms with van der Waals surface area (Å²) in [6.45, 7) is 0. The molecule has 0 aromatic carbocycles. The van der Waals surface area contributed by atoms with Gasteiger partial charge in [-0.05, 0) is 32.7 Å². The molecule has 0 bridgehead atoms. The first kappa shape index (κ1) is 14.3. The van der Waals surface area contributed by atoms with Gasteiger partial charge in [0.25, 0.3) is 0 Å². The maximum Gasteiger partial charge on any atom is 0.185 e. The number of fused-ring (bicyclic) bond motifs is 1. The average molecular weight is 315 g/mol. The van der Waals surface area contributed by atoms with Crippen molar-refractivity contribution in [3.8, 4) is 0 Å². The third-order valence-corrected chi connectivity index (χ3v) is 7.32. The number of nitrogens with one attached hydrogen (secondary N) is 1. The molecule has 0 radical (unpaired) electrons. The summed E-state index contributed by atoms with van der Waals surface area (Å²) in [4.78, 5) is 8.21. The summed E-state index contributed by atoms with van der Waals surface area (Å²) < 4.78 is 23.2. The van der Waals surface area contributed by atoms with Crippen LogP contribution < -0.4 is 10.2 Å². The first-order valence-electron chi connectivity index (χ1n) is 7.10. The van der Waals surface area contributed by atoms with E-state index in [-0.39, 0.29) is 11.8 Å². The van der Waals surface area contributed by atoms with Gasteiger partial charge < -0.3 is 10.2 Å². The molecule has 2 atom stereocenters. The zero-order valence-corrected chi connectivity index (χ0v) is 13.6. The molecule has 1 saturated heterocycles. The second kappa shape index (κ2) is 5.27. The summed E-state index contributed by atoms with van der Waals surface area (Å²) in [6, 6.07) is 0.435. The molecule has 112 valence electrons. The van der Waals surface area contributed by atoms with Crippen molar-refractivity contribution in [3.63, 3.8) is 0 Å². The summed E-state index contributed by atoms with van der Waals surface area (Å²) in [6.07, 6.45) is 4.15. The molecule has 0 amide bonds. The van der Waals surface area contributed by atoms with Gasteiger partial charge in [0.05, 0.1) is 23.2 Å². The highest BCUT2D eigenvalue weighted by atomic mass is 32.2. The molecular weight excluding hydrogens is 294 g/mol. The molecule has 1 aromatic rings. The minimum atomic E-state index is -2.84.